The van der Waals surface area contributed by atoms with Crippen LogP contribution in [0.3, 0.4) is 0 Å². The van der Waals surface area contributed by atoms with Crippen molar-refractivity contribution in [3.63, 3.8) is 0 Å². The smallest absolute Gasteiger partial charge is 0.224 e. The Kier molecular flexibility index (Phi) is 7.25. The van der Waals surface area contributed by atoms with E-state index in [2.05, 4.69) is 17.2 Å². The topological polar surface area (TPSA) is 86.5 Å². The van der Waals surface area contributed by atoms with Gasteiger partial charge in [0.25, 0.3) is 0 Å². The third kappa shape index (κ3) is 5.23. The van der Waals surface area contributed by atoms with Crippen molar-refractivity contribution in [2.45, 2.75) is 39.2 Å². The van der Waals surface area contributed by atoms with Crippen LogP contribution in [0.4, 0.5) is 0 Å². The van der Waals surface area contributed by atoms with Gasteiger partial charge in [-0.15, -0.1) is 0 Å². The van der Waals surface area contributed by atoms with Gasteiger partial charge in [-0.3, -0.25) is 4.79 Å². The molecule has 6 heteroatoms. The van der Waals surface area contributed by atoms with Crippen LogP contribution >= 0.6 is 0 Å². The average molecular weight is 383 g/mol. The van der Waals surface area contributed by atoms with Crippen LogP contribution in [0.1, 0.15) is 38.2 Å². The molecule has 1 fully saturated rings. The summed E-state index contributed by atoms with van der Waals surface area (Å²) in [4.78, 5) is 16.9. The molecule has 0 spiro atoms. The summed E-state index contributed by atoms with van der Waals surface area (Å²) in [6.07, 6.45) is 5.67. The van der Waals surface area contributed by atoms with E-state index >= 15 is 0 Å². The number of aromatic nitrogens is 1. The number of nitrogens with zero attached hydrogens (tertiary/aromatic N) is 1. The summed E-state index contributed by atoms with van der Waals surface area (Å²) < 4.78 is 11.5. The van der Waals surface area contributed by atoms with Crippen LogP contribution in [0.2, 0.25) is 0 Å². The molecule has 0 unspecified atom stereocenters. The summed E-state index contributed by atoms with van der Waals surface area (Å²) in [5.74, 6) is 2.36. The fourth-order valence-electron chi connectivity index (χ4n) is 3.56. The molecule has 1 amide bonds. The Labute approximate surface area is 166 Å². The highest BCUT2D eigenvalue weighted by molar-refractivity contribution is 5.79. The number of nitrogens with one attached hydrogen (secondary N) is 1. The Bertz CT molecular complexity index is 764. The Morgan fingerprint density at radius 3 is 2.75 bits per heavy atom. The molecule has 2 atom stereocenters. The van der Waals surface area contributed by atoms with Crippen molar-refractivity contribution in [1.82, 2.24) is 10.3 Å². The number of benzene rings is 1. The molecular weight excluding hydrogens is 354 g/mol. The summed E-state index contributed by atoms with van der Waals surface area (Å²) in [6.45, 7) is 3.71. The van der Waals surface area contributed by atoms with E-state index in [1.54, 1.807) is 6.20 Å². The molecule has 28 heavy (non-hydrogen) atoms. The van der Waals surface area contributed by atoms with Crippen molar-refractivity contribution in [3.05, 3.63) is 48.2 Å². The third-order valence-electron chi connectivity index (χ3n) is 5.11. The monoisotopic (exact) mass is 383 g/mol. The van der Waals surface area contributed by atoms with Gasteiger partial charge in [0, 0.05) is 24.2 Å². The van der Waals surface area contributed by atoms with Gasteiger partial charge in [0.2, 0.25) is 11.8 Å². The minimum absolute atomic E-state index is 0.0155. The molecule has 150 valence electrons. The van der Waals surface area contributed by atoms with Crippen LogP contribution in [0, 0.1) is 11.8 Å². The lowest BCUT2D eigenvalue weighted by molar-refractivity contribution is -0.126. The molecule has 6 nitrogen and oxygen atoms in total. The maximum Gasteiger partial charge on any atom is 0.224 e. The molecule has 0 radical (unpaired) electrons. The molecule has 0 bridgehead atoms. The Balaban J connectivity index is 1.60. The molecular formula is C22H29N3O3. The highest BCUT2D eigenvalue weighted by Crippen LogP contribution is 2.31. The zero-order valence-corrected chi connectivity index (χ0v) is 16.4. The SMILES string of the molecule is CCCOc1ccc(Oc2ncccc2CNC(=O)[C@@H]2CCC[C@@H]2CN)cc1. The number of hydrogen-bond donors (Lipinski definition) is 2. The van der Waals surface area contributed by atoms with E-state index in [9.17, 15) is 4.79 Å². The molecule has 1 saturated carbocycles. The predicted molar refractivity (Wildman–Crippen MR) is 108 cm³/mol. The molecule has 3 N–H and O–H groups in total. The number of pyridine rings is 1. The largest absolute Gasteiger partial charge is 0.494 e. The second-order valence-corrected chi connectivity index (χ2v) is 7.14. The third-order valence-corrected chi connectivity index (χ3v) is 5.11. The van der Waals surface area contributed by atoms with E-state index in [1.807, 2.05) is 36.4 Å². The number of amides is 1. The summed E-state index contributed by atoms with van der Waals surface area (Å²) in [5, 5.41) is 3.03. The second-order valence-electron chi connectivity index (χ2n) is 7.14. The van der Waals surface area contributed by atoms with Gasteiger partial charge < -0.3 is 20.5 Å². The first-order chi connectivity index (χ1) is 13.7. The molecule has 1 aliphatic rings. The van der Waals surface area contributed by atoms with Crippen molar-refractivity contribution in [3.8, 4) is 17.4 Å². The van der Waals surface area contributed by atoms with Gasteiger partial charge in [0.05, 0.1) is 6.61 Å². The van der Waals surface area contributed by atoms with E-state index in [0.29, 0.717) is 31.3 Å². The van der Waals surface area contributed by atoms with Crippen LogP contribution in [0.15, 0.2) is 42.6 Å². The van der Waals surface area contributed by atoms with E-state index < -0.39 is 0 Å². The first kappa shape index (κ1) is 20.1. The predicted octanol–water partition coefficient (Wildman–Crippen LogP) is 3.65. The zero-order chi connectivity index (χ0) is 19.8. The number of carbonyl (C=O) groups is 1. The molecule has 3 rings (SSSR count). The fourth-order valence-corrected chi connectivity index (χ4v) is 3.56. The lowest BCUT2D eigenvalue weighted by atomic mass is 9.95. The average Bonchev–Trinajstić information content (AvgIpc) is 3.21. The van der Waals surface area contributed by atoms with Crippen molar-refractivity contribution in [2.75, 3.05) is 13.2 Å². The van der Waals surface area contributed by atoms with Crippen LogP contribution < -0.4 is 20.5 Å². The highest BCUT2D eigenvalue weighted by atomic mass is 16.5. The van der Waals surface area contributed by atoms with Crippen LogP contribution in [-0.2, 0) is 11.3 Å². The lowest BCUT2D eigenvalue weighted by Crippen LogP contribution is -2.34. The van der Waals surface area contributed by atoms with Gasteiger partial charge in [-0.25, -0.2) is 4.98 Å². The quantitative estimate of drug-likeness (QED) is 0.690. The molecule has 1 aliphatic carbocycles. The van der Waals surface area contributed by atoms with E-state index in [4.69, 9.17) is 15.2 Å². The van der Waals surface area contributed by atoms with Crippen LogP contribution in [0.25, 0.3) is 0 Å². The zero-order valence-electron chi connectivity index (χ0n) is 16.4. The van der Waals surface area contributed by atoms with Crippen LogP contribution in [-0.4, -0.2) is 24.0 Å². The van der Waals surface area contributed by atoms with Crippen molar-refractivity contribution in [2.24, 2.45) is 17.6 Å². The Morgan fingerprint density at radius 1 is 1.21 bits per heavy atom. The van der Waals surface area contributed by atoms with E-state index in [0.717, 1.165) is 37.0 Å². The fraction of sp³-hybridized carbons (Fsp3) is 0.455. The van der Waals surface area contributed by atoms with Gasteiger partial charge >= 0.3 is 0 Å². The maximum atomic E-state index is 12.5. The number of ether oxygens (including phenoxy) is 2. The van der Waals surface area contributed by atoms with Gasteiger partial charge in [-0.1, -0.05) is 19.4 Å². The van der Waals surface area contributed by atoms with Crippen molar-refractivity contribution >= 4 is 5.91 Å². The lowest BCUT2D eigenvalue weighted by Gasteiger charge is -2.18. The minimum Gasteiger partial charge on any atom is -0.494 e. The normalized spacial score (nSPS) is 18.6. The summed E-state index contributed by atoms with van der Waals surface area (Å²) >= 11 is 0. The summed E-state index contributed by atoms with van der Waals surface area (Å²) in [6, 6.07) is 11.2. The summed E-state index contributed by atoms with van der Waals surface area (Å²) in [7, 11) is 0. The highest BCUT2D eigenvalue weighted by Gasteiger charge is 2.31. The first-order valence-electron chi connectivity index (χ1n) is 10.0. The first-order valence-corrected chi connectivity index (χ1v) is 10.0. The minimum atomic E-state index is 0.0155. The van der Waals surface area contributed by atoms with E-state index in [1.165, 1.54) is 0 Å². The number of nitrogens with two attached hydrogens (primary N) is 1. The number of carbonyl (C=O) groups excluding carboxylic acids is 1. The van der Waals surface area contributed by atoms with Crippen molar-refractivity contribution < 1.29 is 14.3 Å². The van der Waals surface area contributed by atoms with Crippen molar-refractivity contribution in [1.29, 1.82) is 0 Å². The molecule has 1 heterocycles. The van der Waals surface area contributed by atoms with Crippen LogP contribution in [0.5, 0.6) is 17.4 Å². The van der Waals surface area contributed by atoms with Gasteiger partial charge in [0.1, 0.15) is 11.5 Å². The number of rotatable bonds is 9. The molecule has 1 aromatic heterocycles. The Morgan fingerprint density at radius 2 is 2.00 bits per heavy atom. The van der Waals surface area contributed by atoms with Gasteiger partial charge in [0.15, 0.2) is 0 Å². The molecule has 0 aliphatic heterocycles. The molecule has 0 saturated heterocycles. The van der Waals surface area contributed by atoms with E-state index in [-0.39, 0.29) is 17.7 Å². The Hall–Kier alpha value is -2.60. The van der Waals surface area contributed by atoms with Gasteiger partial charge in [-0.2, -0.15) is 0 Å². The summed E-state index contributed by atoms with van der Waals surface area (Å²) in [5.41, 5.74) is 6.64. The second kappa shape index (κ2) is 10.1. The molecule has 2 aromatic rings. The maximum absolute atomic E-state index is 12.5. The standard InChI is InChI=1S/C22H29N3O3/c1-2-13-27-18-8-10-19(11-9-18)28-22-17(6-4-12-24-22)15-25-21(26)20-7-3-5-16(20)14-23/h4,6,8-12,16,20H,2-3,5,7,13-15,23H2,1H3,(H,25,26)/t16-,20-/m1/s1. The van der Waals surface area contributed by atoms with Gasteiger partial charge in [-0.05, 0) is 62.1 Å². The molecule has 1 aromatic carbocycles. The number of hydrogen-bond acceptors (Lipinski definition) is 5.